The first kappa shape index (κ1) is 15.7. The Morgan fingerprint density at radius 2 is 2.00 bits per heavy atom. The Morgan fingerprint density at radius 3 is 2.50 bits per heavy atom. The molecular weight excluding hydrogens is 266 g/mol. The van der Waals surface area contributed by atoms with Crippen molar-refractivity contribution in [1.29, 1.82) is 0 Å². The zero-order valence-corrected chi connectivity index (χ0v) is 11.8. The van der Waals surface area contributed by atoms with E-state index < -0.39 is 24.0 Å². The number of aromatic nitrogens is 1. The van der Waals surface area contributed by atoms with Crippen molar-refractivity contribution in [3.8, 4) is 0 Å². The Bertz CT molecular complexity index is 504. The summed E-state index contributed by atoms with van der Waals surface area (Å²) in [4.78, 5) is 34.7. The Balaban J connectivity index is 2.62. The summed E-state index contributed by atoms with van der Waals surface area (Å²) in [5.41, 5.74) is 0.562. The van der Waals surface area contributed by atoms with Crippen LogP contribution in [-0.2, 0) is 9.53 Å². The van der Waals surface area contributed by atoms with Gasteiger partial charge in [-0.05, 0) is 27.7 Å². The van der Waals surface area contributed by atoms with E-state index in [1.54, 1.807) is 20.8 Å². The number of hydrogen-bond acceptors (Lipinski definition) is 6. The van der Waals surface area contributed by atoms with Crippen molar-refractivity contribution in [1.82, 2.24) is 15.8 Å². The molecule has 0 fully saturated rings. The van der Waals surface area contributed by atoms with Crippen molar-refractivity contribution in [3.05, 3.63) is 17.0 Å². The zero-order chi connectivity index (χ0) is 15.3. The molecule has 20 heavy (non-hydrogen) atoms. The molecule has 0 aliphatic carbocycles. The van der Waals surface area contributed by atoms with Crippen molar-refractivity contribution in [2.45, 2.75) is 33.8 Å². The molecule has 0 saturated carbocycles. The van der Waals surface area contributed by atoms with Gasteiger partial charge in [0.15, 0.2) is 6.10 Å². The van der Waals surface area contributed by atoms with Gasteiger partial charge in [0.1, 0.15) is 11.3 Å². The first-order chi connectivity index (χ1) is 9.36. The molecule has 1 heterocycles. The highest BCUT2D eigenvalue weighted by atomic mass is 16.5. The monoisotopic (exact) mass is 283 g/mol. The second-order valence-corrected chi connectivity index (χ2v) is 4.10. The van der Waals surface area contributed by atoms with Crippen LogP contribution in [0.2, 0.25) is 0 Å². The van der Waals surface area contributed by atoms with Crippen LogP contribution in [0.3, 0.4) is 0 Å². The van der Waals surface area contributed by atoms with Gasteiger partial charge >= 0.3 is 12.0 Å². The van der Waals surface area contributed by atoms with Gasteiger partial charge in [-0.1, -0.05) is 5.16 Å². The molecule has 1 aromatic heterocycles. The second-order valence-electron chi connectivity index (χ2n) is 4.10. The number of nitrogens with one attached hydrogen (secondary N) is 2. The number of carbonyl (C=O) groups is 3. The molecular formula is C12H17N3O5. The summed E-state index contributed by atoms with van der Waals surface area (Å²) in [5.74, 6) is -1.13. The SMILES string of the molecule is CCNC(=O)NC(=O)C(C)OC(=O)c1c(C)noc1C. The highest BCUT2D eigenvalue weighted by Crippen LogP contribution is 2.14. The van der Waals surface area contributed by atoms with Gasteiger partial charge < -0.3 is 14.6 Å². The fourth-order valence-electron chi connectivity index (χ4n) is 1.47. The number of aryl methyl sites for hydroxylation is 2. The lowest BCUT2D eigenvalue weighted by Crippen LogP contribution is -2.44. The van der Waals surface area contributed by atoms with E-state index in [4.69, 9.17) is 9.26 Å². The van der Waals surface area contributed by atoms with E-state index in [0.29, 0.717) is 18.0 Å². The second kappa shape index (κ2) is 6.69. The molecule has 1 unspecified atom stereocenters. The van der Waals surface area contributed by atoms with Crippen molar-refractivity contribution >= 4 is 17.9 Å². The largest absolute Gasteiger partial charge is 0.449 e. The Kier molecular flexibility index (Phi) is 5.24. The number of rotatable bonds is 4. The van der Waals surface area contributed by atoms with E-state index >= 15 is 0 Å². The maximum atomic E-state index is 11.9. The predicted molar refractivity (Wildman–Crippen MR) is 68.1 cm³/mol. The highest BCUT2D eigenvalue weighted by molar-refractivity contribution is 5.98. The minimum absolute atomic E-state index is 0.183. The molecule has 0 radical (unpaired) electrons. The highest BCUT2D eigenvalue weighted by Gasteiger charge is 2.24. The van der Waals surface area contributed by atoms with Crippen LogP contribution in [0.1, 0.15) is 35.7 Å². The van der Waals surface area contributed by atoms with Crippen LogP contribution in [0.5, 0.6) is 0 Å². The predicted octanol–water partition coefficient (Wildman–Crippen LogP) is 0.682. The number of urea groups is 1. The molecule has 1 atom stereocenters. The number of carbonyl (C=O) groups excluding carboxylic acids is 3. The summed E-state index contributed by atoms with van der Waals surface area (Å²) in [6.07, 6.45) is -1.11. The normalized spacial score (nSPS) is 11.6. The van der Waals surface area contributed by atoms with Gasteiger partial charge in [0.05, 0.1) is 5.69 Å². The van der Waals surface area contributed by atoms with Crippen molar-refractivity contribution < 1.29 is 23.6 Å². The Labute approximate surface area is 115 Å². The zero-order valence-electron chi connectivity index (χ0n) is 11.8. The summed E-state index contributed by atoms with van der Waals surface area (Å²) in [7, 11) is 0. The van der Waals surface area contributed by atoms with Crippen molar-refractivity contribution in [2.24, 2.45) is 0 Å². The van der Waals surface area contributed by atoms with Gasteiger partial charge in [0.25, 0.3) is 5.91 Å². The van der Waals surface area contributed by atoms with Crippen LogP contribution in [-0.4, -0.2) is 35.7 Å². The minimum Gasteiger partial charge on any atom is -0.449 e. The van der Waals surface area contributed by atoms with Crippen LogP contribution in [0, 0.1) is 13.8 Å². The van der Waals surface area contributed by atoms with E-state index in [-0.39, 0.29) is 5.56 Å². The Morgan fingerprint density at radius 1 is 1.35 bits per heavy atom. The molecule has 0 aliphatic rings. The van der Waals surface area contributed by atoms with E-state index in [2.05, 4.69) is 15.8 Å². The summed E-state index contributed by atoms with van der Waals surface area (Å²) < 4.78 is 9.81. The van der Waals surface area contributed by atoms with Crippen LogP contribution >= 0.6 is 0 Å². The third-order valence-corrected chi connectivity index (χ3v) is 2.46. The first-order valence-corrected chi connectivity index (χ1v) is 6.09. The smallest absolute Gasteiger partial charge is 0.344 e. The summed E-state index contributed by atoms with van der Waals surface area (Å²) in [5, 5.41) is 8.07. The number of imide groups is 1. The third-order valence-electron chi connectivity index (χ3n) is 2.46. The molecule has 8 nitrogen and oxygen atoms in total. The first-order valence-electron chi connectivity index (χ1n) is 6.09. The van der Waals surface area contributed by atoms with Gasteiger partial charge in [-0.25, -0.2) is 9.59 Å². The summed E-state index contributed by atoms with van der Waals surface area (Å²) in [6.45, 7) is 6.62. The number of ether oxygens (including phenoxy) is 1. The molecule has 3 amide bonds. The number of amides is 3. The van der Waals surface area contributed by atoms with Gasteiger partial charge in [-0.15, -0.1) is 0 Å². The van der Waals surface area contributed by atoms with Gasteiger partial charge in [0, 0.05) is 6.54 Å². The Hall–Kier alpha value is -2.38. The lowest BCUT2D eigenvalue weighted by atomic mass is 10.2. The molecule has 2 N–H and O–H groups in total. The van der Waals surface area contributed by atoms with Crippen molar-refractivity contribution in [2.75, 3.05) is 6.54 Å². The van der Waals surface area contributed by atoms with Crippen LogP contribution < -0.4 is 10.6 Å². The average Bonchev–Trinajstić information content (AvgIpc) is 2.69. The molecule has 110 valence electrons. The lowest BCUT2D eigenvalue weighted by molar-refractivity contribution is -0.127. The molecule has 0 spiro atoms. The van der Waals surface area contributed by atoms with Gasteiger partial charge in [0.2, 0.25) is 0 Å². The third kappa shape index (κ3) is 3.81. The van der Waals surface area contributed by atoms with E-state index in [1.165, 1.54) is 6.92 Å². The summed E-state index contributed by atoms with van der Waals surface area (Å²) >= 11 is 0. The average molecular weight is 283 g/mol. The maximum Gasteiger partial charge on any atom is 0.344 e. The van der Waals surface area contributed by atoms with Gasteiger partial charge in [-0.2, -0.15) is 0 Å². The molecule has 0 saturated heterocycles. The molecule has 0 aliphatic heterocycles. The van der Waals surface area contributed by atoms with Crippen LogP contribution in [0.4, 0.5) is 4.79 Å². The number of esters is 1. The van der Waals surface area contributed by atoms with E-state index in [1.807, 2.05) is 0 Å². The number of nitrogens with zero attached hydrogens (tertiary/aromatic N) is 1. The minimum atomic E-state index is -1.11. The molecule has 0 bridgehead atoms. The quantitative estimate of drug-likeness (QED) is 0.786. The van der Waals surface area contributed by atoms with E-state index in [9.17, 15) is 14.4 Å². The van der Waals surface area contributed by atoms with Crippen LogP contribution in [0.15, 0.2) is 4.52 Å². The standard InChI is InChI=1S/C12H17N3O5/c1-5-13-12(18)14-10(16)8(4)19-11(17)9-6(2)15-20-7(9)3/h8H,5H2,1-4H3,(H2,13,14,16,18). The number of hydrogen-bond donors (Lipinski definition) is 2. The van der Waals surface area contributed by atoms with Crippen molar-refractivity contribution in [3.63, 3.8) is 0 Å². The van der Waals surface area contributed by atoms with Gasteiger partial charge in [-0.3, -0.25) is 10.1 Å². The molecule has 8 heteroatoms. The molecule has 0 aromatic carbocycles. The topological polar surface area (TPSA) is 111 Å². The summed E-state index contributed by atoms with van der Waals surface area (Å²) in [6, 6.07) is -0.641. The fourth-order valence-corrected chi connectivity index (χ4v) is 1.47. The molecule has 1 aromatic rings. The molecule has 1 rings (SSSR count). The van der Waals surface area contributed by atoms with Crippen LogP contribution in [0.25, 0.3) is 0 Å². The fraction of sp³-hybridized carbons (Fsp3) is 0.500. The maximum absolute atomic E-state index is 11.9. The lowest BCUT2D eigenvalue weighted by Gasteiger charge is -2.12. The van der Waals surface area contributed by atoms with E-state index in [0.717, 1.165) is 0 Å².